The van der Waals surface area contributed by atoms with Crippen molar-refractivity contribution in [1.82, 2.24) is 10.6 Å². The summed E-state index contributed by atoms with van der Waals surface area (Å²) in [7, 11) is 0. The molecule has 1 saturated heterocycles. The number of hydrogen-bond acceptors (Lipinski definition) is 2. The van der Waals surface area contributed by atoms with E-state index < -0.39 is 0 Å². The fourth-order valence-corrected chi connectivity index (χ4v) is 3.02. The Hall–Kier alpha value is -0.570. The number of nitrogens with one attached hydrogen (secondary N) is 2. The Balaban J connectivity index is 1.67. The van der Waals surface area contributed by atoms with Crippen LogP contribution in [0.4, 0.5) is 0 Å². The third-order valence-electron chi connectivity index (χ3n) is 3.99. The van der Waals surface area contributed by atoms with Gasteiger partial charge in [0.1, 0.15) is 0 Å². The van der Waals surface area contributed by atoms with E-state index in [9.17, 15) is 4.79 Å². The summed E-state index contributed by atoms with van der Waals surface area (Å²) in [6.45, 7) is 4.21. The summed E-state index contributed by atoms with van der Waals surface area (Å²) >= 11 is 0. The van der Waals surface area contributed by atoms with Crippen molar-refractivity contribution in [3.8, 4) is 0 Å². The van der Waals surface area contributed by atoms with Crippen molar-refractivity contribution in [1.29, 1.82) is 0 Å². The van der Waals surface area contributed by atoms with Crippen molar-refractivity contribution >= 4 is 5.91 Å². The van der Waals surface area contributed by atoms with Gasteiger partial charge in [-0.3, -0.25) is 4.79 Å². The summed E-state index contributed by atoms with van der Waals surface area (Å²) < 4.78 is 0. The Kier molecular flexibility index (Phi) is 4.22. The predicted octanol–water partition coefficient (Wildman–Crippen LogP) is 1.68. The monoisotopic (exact) mass is 224 g/mol. The van der Waals surface area contributed by atoms with E-state index in [-0.39, 0.29) is 11.9 Å². The SMILES string of the molecule is CC1CCCC(CNC(=O)[C@@H]2CCCN2)C1. The molecule has 1 amide bonds. The zero-order valence-electron chi connectivity index (χ0n) is 10.3. The van der Waals surface area contributed by atoms with Crippen LogP contribution in [0.1, 0.15) is 45.4 Å². The second-order valence-corrected chi connectivity index (χ2v) is 5.53. The Labute approximate surface area is 98.4 Å². The molecule has 2 unspecified atom stereocenters. The average molecular weight is 224 g/mol. The van der Waals surface area contributed by atoms with Gasteiger partial charge in [0, 0.05) is 6.54 Å². The van der Waals surface area contributed by atoms with Gasteiger partial charge >= 0.3 is 0 Å². The van der Waals surface area contributed by atoms with Crippen molar-refractivity contribution in [2.75, 3.05) is 13.1 Å². The van der Waals surface area contributed by atoms with Crippen LogP contribution in [0, 0.1) is 11.8 Å². The third kappa shape index (κ3) is 3.21. The zero-order valence-corrected chi connectivity index (χ0v) is 10.3. The molecule has 0 aromatic rings. The van der Waals surface area contributed by atoms with Crippen molar-refractivity contribution in [2.24, 2.45) is 11.8 Å². The van der Waals surface area contributed by atoms with Gasteiger partial charge in [-0.05, 0) is 44.1 Å². The maximum absolute atomic E-state index is 11.8. The summed E-state index contributed by atoms with van der Waals surface area (Å²) in [6.07, 6.45) is 7.44. The molecule has 1 aliphatic carbocycles. The highest BCUT2D eigenvalue weighted by molar-refractivity contribution is 5.81. The summed E-state index contributed by atoms with van der Waals surface area (Å²) in [5.74, 6) is 1.78. The number of amides is 1. The van der Waals surface area contributed by atoms with Gasteiger partial charge in [0.25, 0.3) is 0 Å². The average Bonchev–Trinajstić information content (AvgIpc) is 2.79. The van der Waals surface area contributed by atoms with E-state index in [1.165, 1.54) is 25.7 Å². The molecule has 0 bridgehead atoms. The number of rotatable bonds is 3. The minimum atomic E-state index is 0.0843. The topological polar surface area (TPSA) is 41.1 Å². The molecular formula is C13H24N2O. The second kappa shape index (κ2) is 5.67. The van der Waals surface area contributed by atoms with Crippen LogP contribution in [-0.2, 0) is 4.79 Å². The molecule has 2 fully saturated rings. The molecule has 0 aromatic heterocycles. The van der Waals surface area contributed by atoms with E-state index >= 15 is 0 Å². The van der Waals surface area contributed by atoms with E-state index in [1.807, 2.05) is 0 Å². The van der Waals surface area contributed by atoms with Gasteiger partial charge < -0.3 is 10.6 Å². The molecule has 2 aliphatic rings. The van der Waals surface area contributed by atoms with Crippen LogP contribution in [0.2, 0.25) is 0 Å². The van der Waals surface area contributed by atoms with Gasteiger partial charge in [-0.2, -0.15) is 0 Å². The van der Waals surface area contributed by atoms with Crippen molar-refractivity contribution in [3.63, 3.8) is 0 Å². The molecular weight excluding hydrogens is 200 g/mol. The molecule has 3 heteroatoms. The second-order valence-electron chi connectivity index (χ2n) is 5.53. The maximum Gasteiger partial charge on any atom is 0.237 e. The maximum atomic E-state index is 11.8. The molecule has 2 rings (SSSR count). The van der Waals surface area contributed by atoms with Gasteiger partial charge in [-0.25, -0.2) is 0 Å². The highest BCUT2D eigenvalue weighted by Crippen LogP contribution is 2.27. The van der Waals surface area contributed by atoms with E-state index in [1.54, 1.807) is 0 Å². The van der Waals surface area contributed by atoms with Gasteiger partial charge in [0.05, 0.1) is 6.04 Å². The molecule has 3 atom stereocenters. The number of carbonyl (C=O) groups is 1. The fourth-order valence-electron chi connectivity index (χ4n) is 3.02. The summed E-state index contributed by atoms with van der Waals surface area (Å²) in [4.78, 5) is 11.8. The van der Waals surface area contributed by atoms with Crippen LogP contribution < -0.4 is 10.6 Å². The van der Waals surface area contributed by atoms with Gasteiger partial charge in [-0.1, -0.05) is 19.8 Å². The lowest BCUT2D eigenvalue weighted by atomic mass is 9.82. The van der Waals surface area contributed by atoms with Crippen LogP contribution in [0.25, 0.3) is 0 Å². The number of carbonyl (C=O) groups excluding carboxylic acids is 1. The molecule has 0 radical (unpaired) electrons. The van der Waals surface area contributed by atoms with Crippen LogP contribution in [0.5, 0.6) is 0 Å². The molecule has 92 valence electrons. The van der Waals surface area contributed by atoms with Crippen molar-refractivity contribution in [3.05, 3.63) is 0 Å². The third-order valence-corrected chi connectivity index (χ3v) is 3.99. The molecule has 2 N–H and O–H groups in total. The smallest absolute Gasteiger partial charge is 0.237 e. The minimum Gasteiger partial charge on any atom is -0.354 e. The number of hydrogen-bond donors (Lipinski definition) is 2. The van der Waals surface area contributed by atoms with E-state index in [2.05, 4.69) is 17.6 Å². The Morgan fingerprint density at radius 2 is 2.19 bits per heavy atom. The minimum absolute atomic E-state index is 0.0843. The van der Waals surface area contributed by atoms with Gasteiger partial charge in [-0.15, -0.1) is 0 Å². The van der Waals surface area contributed by atoms with Crippen LogP contribution in [-0.4, -0.2) is 25.0 Å². The molecule has 0 spiro atoms. The van der Waals surface area contributed by atoms with Crippen LogP contribution >= 0.6 is 0 Å². The molecule has 1 saturated carbocycles. The largest absolute Gasteiger partial charge is 0.354 e. The normalized spacial score (nSPS) is 34.9. The highest BCUT2D eigenvalue weighted by atomic mass is 16.2. The Bertz CT molecular complexity index is 236. The first-order valence-corrected chi connectivity index (χ1v) is 6.77. The van der Waals surface area contributed by atoms with Gasteiger partial charge in [0.15, 0.2) is 0 Å². The van der Waals surface area contributed by atoms with E-state index in [4.69, 9.17) is 0 Å². The van der Waals surface area contributed by atoms with Crippen molar-refractivity contribution in [2.45, 2.75) is 51.5 Å². The lowest BCUT2D eigenvalue weighted by molar-refractivity contribution is -0.123. The highest BCUT2D eigenvalue weighted by Gasteiger charge is 2.24. The molecule has 1 aliphatic heterocycles. The molecule has 0 aromatic carbocycles. The summed E-state index contributed by atoms with van der Waals surface area (Å²) in [5.41, 5.74) is 0. The van der Waals surface area contributed by atoms with Crippen LogP contribution in [0.15, 0.2) is 0 Å². The molecule has 16 heavy (non-hydrogen) atoms. The van der Waals surface area contributed by atoms with E-state index in [0.29, 0.717) is 5.92 Å². The first-order valence-electron chi connectivity index (χ1n) is 6.77. The lowest BCUT2D eigenvalue weighted by Gasteiger charge is -2.27. The van der Waals surface area contributed by atoms with Crippen molar-refractivity contribution < 1.29 is 4.79 Å². The summed E-state index contributed by atoms with van der Waals surface area (Å²) in [5, 5.41) is 6.35. The van der Waals surface area contributed by atoms with Gasteiger partial charge in [0.2, 0.25) is 5.91 Å². The molecule has 1 heterocycles. The predicted molar refractivity (Wildman–Crippen MR) is 65.2 cm³/mol. The zero-order chi connectivity index (χ0) is 11.4. The lowest BCUT2D eigenvalue weighted by Crippen LogP contribution is -2.42. The first-order chi connectivity index (χ1) is 7.75. The Morgan fingerprint density at radius 3 is 2.88 bits per heavy atom. The standard InChI is InChI=1S/C13H24N2O/c1-10-4-2-5-11(8-10)9-15-13(16)12-6-3-7-14-12/h10-12,14H,2-9H2,1H3,(H,15,16)/t10?,11?,12-/m0/s1. The fraction of sp³-hybridized carbons (Fsp3) is 0.923. The quantitative estimate of drug-likeness (QED) is 0.766. The van der Waals surface area contributed by atoms with E-state index in [0.717, 1.165) is 31.8 Å². The van der Waals surface area contributed by atoms with Crippen LogP contribution in [0.3, 0.4) is 0 Å². The summed E-state index contributed by atoms with van der Waals surface area (Å²) in [6, 6.07) is 0.0843. The molecule has 3 nitrogen and oxygen atoms in total. The Morgan fingerprint density at radius 1 is 1.31 bits per heavy atom. The first kappa shape index (κ1) is 11.9.